The summed E-state index contributed by atoms with van der Waals surface area (Å²) in [5.41, 5.74) is 3.60. The highest BCUT2D eigenvalue weighted by molar-refractivity contribution is 9.10. The quantitative estimate of drug-likeness (QED) is 0.790. The molecular formula is C12H14BrN5. The summed E-state index contributed by atoms with van der Waals surface area (Å²) in [6.45, 7) is 2.86. The standard InChI is InChI=1S/C12H14BrN5/c1-17-11-8-18(5-4-10(11)15-16-17)7-9-2-3-12(13)14-6-9/h2-3,6H,4-5,7-8H2,1H3. The maximum atomic E-state index is 4.26. The van der Waals surface area contributed by atoms with E-state index in [1.807, 2.05) is 24.0 Å². The van der Waals surface area contributed by atoms with E-state index in [2.05, 4.69) is 42.2 Å². The summed E-state index contributed by atoms with van der Waals surface area (Å²) >= 11 is 3.35. The van der Waals surface area contributed by atoms with Gasteiger partial charge in [-0.3, -0.25) is 9.58 Å². The van der Waals surface area contributed by atoms with E-state index in [1.54, 1.807) is 0 Å². The minimum absolute atomic E-state index is 0.878. The van der Waals surface area contributed by atoms with E-state index in [9.17, 15) is 0 Å². The van der Waals surface area contributed by atoms with Crippen molar-refractivity contribution in [1.82, 2.24) is 24.9 Å². The zero-order chi connectivity index (χ0) is 12.5. The normalized spacial score (nSPS) is 15.7. The topological polar surface area (TPSA) is 46.8 Å². The Balaban J connectivity index is 1.72. The van der Waals surface area contributed by atoms with E-state index in [1.165, 1.54) is 11.3 Å². The van der Waals surface area contributed by atoms with Crippen LogP contribution >= 0.6 is 15.9 Å². The monoisotopic (exact) mass is 307 g/mol. The molecule has 3 rings (SSSR count). The lowest BCUT2D eigenvalue weighted by Crippen LogP contribution is -2.31. The molecule has 0 unspecified atom stereocenters. The Labute approximate surface area is 114 Å². The largest absolute Gasteiger partial charge is 0.293 e. The first-order chi connectivity index (χ1) is 8.72. The van der Waals surface area contributed by atoms with Crippen LogP contribution in [0.3, 0.4) is 0 Å². The van der Waals surface area contributed by atoms with E-state index in [0.717, 1.165) is 36.4 Å². The fourth-order valence-corrected chi connectivity index (χ4v) is 2.49. The summed E-state index contributed by atoms with van der Waals surface area (Å²) in [5, 5.41) is 8.25. The fraction of sp³-hybridized carbons (Fsp3) is 0.417. The predicted molar refractivity (Wildman–Crippen MR) is 70.8 cm³/mol. The van der Waals surface area contributed by atoms with Gasteiger partial charge >= 0.3 is 0 Å². The van der Waals surface area contributed by atoms with E-state index in [0.29, 0.717) is 0 Å². The van der Waals surface area contributed by atoms with Gasteiger partial charge in [-0.25, -0.2) is 4.98 Å². The number of hydrogen-bond donors (Lipinski definition) is 0. The highest BCUT2D eigenvalue weighted by atomic mass is 79.9. The molecule has 18 heavy (non-hydrogen) atoms. The first-order valence-corrected chi connectivity index (χ1v) is 6.72. The van der Waals surface area contributed by atoms with Gasteiger partial charge in [-0.2, -0.15) is 0 Å². The van der Waals surface area contributed by atoms with Crippen molar-refractivity contribution in [3.8, 4) is 0 Å². The van der Waals surface area contributed by atoms with E-state index in [4.69, 9.17) is 0 Å². The van der Waals surface area contributed by atoms with Gasteiger partial charge in [-0.1, -0.05) is 11.3 Å². The highest BCUT2D eigenvalue weighted by Gasteiger charge is 2.20. The second-order valence-electron chi connectivity index (χ2n) is 4.56. The van der Waals surface area contributed by atoms with E-state index >= 15 is 0 Å². The molecule has 94 valence electrons. The number of fused-ring (bicyclic) bond motifs is 1. The van der Waals surface area contributed by atoms with Crippen LogP contribution in [0.2, 0.25) is 0 Å². The van der Waals surface area contributed by atoms with Gasteiger partial charge < -0.3 is 0 Å². The molecule has 1 aliphatic rings. The van der Waals surface area contributed by atoms with Crippen LogP contribution in [0.5, 0.6) is 0 Å². The van der Waals surface area contributed by atoms with Crippen LogP contribution in [0.4, 0.5) is 0 Å². The van der Waals surface area contributed by atoms with Crippen molar-refractivity contribution in [2.24, 2.45) is 7.05 Å². The third kappa shape index (κ3) is 2.30. The second kappa shape index (κ2) is 4.78. The summed E-state index contributed by atoms with van der Waals surface area (Å²) in [7, 11) is 1.95. The Morgan fingerprint density at radius 3 is 3.06 bits per heavy atom. The summed E-state index contributed by atoms with van der Waals surface area (Å²) in [4.78, 5) is 6.66. The molecule has 0 atom stereocenters. The van der Waals surface area contributed by atoms with Crippen LogP contribution in [0.15, 0.2) is 22.9 Å². The van der Waals surface area contributed by atoms with Crippen LogP contribution in [0, 0.1) is 0 Å². The van der Waals surface area contributed by atoms with Gasteiger partial charge in [-0.15, -0.1) is 5.10 Å². The molecule has 0 aromatic carbocycles. The number of aryl methyl sites for hydroxylation is 1. The maximum Gasteiger partial charge on any atom is 0.106 e. The Kier molecular flexibility index (Phi) is 3.13. The molecule has 0 N–H and O–H groups in total. The van der Waals surface area contributed by atoms with Crippen molar-refractivity contribution in [3.05, 3.63) is 39.9 Å². The third-order valence-corrected chi connectivity index (χ3v) is 3.73. The summed E-state index contributed by atoms with van der Waals surface area (Å²) in [6.07, 6.45) is 2.90. The molecule has 5 nitrogen and oxygen atoms in total. The smallest absolute Gasteiger partial charge is 0.106 e. The molecule has 0 saturated heterocycles. The van der Waals surface area contributed by atoms with Gasteiger partial charge in [0.05, 0.1) is 11.4 Å². The Morgan fingerprint density at radius 1 is 1.39 bits per heavy atom. The number of rotatable bonds is 2. The lowest BCUT2D eigenvalue weighted by Gasteiger charge is -2.26. The van der Waals surface area contributed by atoms with Gasteiger partial charge in [0.2, 0.25) is 0 Å². The Morgan fingerprint density at radius 2 is 2.28 bits per heavy atom. The van der Waals surface area contributed by atoms with Crippen molar-refractivity contribution < 1.29 is 0 Å². The van der Waals surface area contributed by atoms with E-state index < -0.39 is 0 Å². The summed E-state index contributed by atoms with van der Waals surface area (Å²) in [6, 6.07) is 4.09. The van der Waals surface area contributed by atoms with Crippen molar-refractivity contribution in [2.45, 2.75) is 19.5 Å². The molecule has 0 saturated carbocycles. The fourth-order valence-electron chi connectivity index (χ4n) is 2.26. The average molecular weight is 308 g/mol. The molecule has 2 aromatic heterocycles. The van der Waals surface area contributed by atoms with Crippen molar-refractivity contribution in [1.29, 1.82) is 0 Å². The van der Waals surface area contributed by atoms with Crippen LogP contribution in [0.1, 0.15) is 17.0 Å². The molecule has 1 aliphatic heterocycles. The lowest BCUT2D eigenvalue weighted by atomic mass is 10.1. The SMILES string of the molecule is Cn1nnc2c1CN(Cc1ccc(Br)nc1)CC2. The zero-order valence-electron chi connectivity index (χ0n) is 10.2. The molecular weight excluding hydrogens is 294 g/mol. The molecule has 0 radical (unpaired) electrons. The van der Waals surface area contributed by atoms with Gasteiger partial charge in [0, 0.05) is 39.3 Å². The van der Waals surface area contributed by atoms with Crippen LogP contribution in [0.25, 0.3) is 0 Å². The number of nitrogens with zero attached hydrogens (tertiary/aromatic N) is 5. The minimum atomic E-state index is 0.878. The van der Waals surface area contributed by atoms with Gasteiger partial charge in [0.25, 0.3) is 0 Å². The van der Waals surface area contributed by atoms with Gasteiger partial charge in [0.15, 0.2) is 0 Å². The second-order valence-corrected chi connectivity index (χ2v) is 5.37. The summed E-state index contributed by atoms with van der Waals surface area (Å²) < 4.78 is 2.75. The zero-order valence-corrected chi connectivity index (χ0v) is 11.8. The highest BCUT2D eigenvalue weighted by Crippen LogP contribution is 2.18. The molecule has 2 aromatic rings. The predicted octanol–water partition coefficient (Wildman–Crippen LogP) is 1.53. The Hall–Kier alpha value is -1.27. The molecule has 0 amide bonds. The van der Waals surface area contributed by atoms with Crippen molar-refractivity contribution >= 4 is 15.9 Å². The average Bonchev–Trinajstić information content (AvgIpc) is 2.74. The number of pyridine rings is 1. The number of hydrogen-bond acceptors (Lipinski definition) is 4. The number of halogens is 1. The van der Waals surface area contributed by atoms with Crippen molar-refractivity contribution in [2.75, 3.05) is 6.54 Å². The molecule has 6 heteroatoms. The lowest BCUT2D eigenvalue weighted by molar-refractivity contribution is 0.237. The summed E-state index contributed by atoms with van der Waals surface area (Å²) in [5.74, 6) is 0. The van der Waals surface area contributed by atoms with Crippen LogP contribution in [-0.2, 0) is 26.6 Å². The first-order valence-electron chi connectivity index (χ1n) is 5.92. The molecule has 0 fully saturated rings. The molecule has 0 aliphatic carbocycles. The molecule has 0 bridgehead atoms. The maximum absolute atomic E-state index is 4.26. The molecule has 0 spiro atoms. The van der Waals surface area contributed by atoms with Crippen LogP contribution in [-0.4, -0.2) is 31.4 Å². The minimum Gasteiger partial charge on any atom is -0.293 e. The van der Waals surface area contributed by atoms with Crippen molar-refractivity contribution in [3.63, 3.8) is 0 Å². The van der Waals surface area contributed by atoms with Gasteiger partial charge in [0.1, 0.15) is 4.60 Å². The Bertz CT molecular complexity index is 548. The first kappa shape index (κ1) is 11.8. The number of aromatic nitrogens is 4. The van der Waals surface area contributed by atoms with Crippen LogP contribution < -0.4 is 0 Å². The third-order valence-electron chi connectivity index (χ3n) is 3.26. The molecule has 3 heterocycles. The van der Waals surface area contributed by atoms with E-state index in [-0.39, 0.29) is 0 Å². The van der Waals surface area contributed by atoms with Gasteiger partial charge in [-0.05, 0) is 27.6 Å².